The van der Waals surface area contributed by atoms with E-state index < -0.39 is 11.9 Å². The largest absolute Gasteiger partial charge is 0.496 e. The van der Waals surface area contributed by atoms with Gasteiger partial charge in [0.15, 0.2) is 5.69 Å². The van der Waals surface area contributed by atoms with Crippen LogP contribution in [0.15, 0.2) is 18.2 Å². The van der Waals surface area contributed by atoms with Crippen LogP contribution in [0, 0.1) is 0 Å². The maximum absolute atomic E-state index is 11.9. The monoisotopic (exact) mass is 305 g/mol. The molecule has 0 spiro atoms. The first-order valence-corrected chi connectivity index (χ1v) is 6.53. The van der Waals surface area contributed by atoms with Crippen molar-refractivity contribution in [3.8, 4) is 5.75 Å². The SMILES string of the molecule is CCOC(=O)c1cc(Cc2n[nH]nc2C(=O)O)ccc1OC. The normalized spacial score (nSPS) is 10.3. The highest BCUT2D eigenvalue weighted by Crippen LogP contribution is 2.22. The molecule has 22 heavy (non-hydrogen) atoms. The minimum atomic E-state index is -1.16. The standard InChI is InChI=1S/C14H15N3O5/c1-3-22-14(20)9-6-8(4-5-11(9)21-2)7-10-12(13(18)19)16-17-15-10/h4-6H,3,7H2,1-2H3,(H,18,19)(H,15,16,17). The highest BCUT2D eigenvalue weighted by Gasteiger charge is 2.18. The summed E-state index contributed by atoms with van der Waals surface area (Å²) in [6, 6.07) is 4.95. The lowest BCUT2D eigenvalue weighted by Crippen LogP contribution is -2.08. The number of rotatable bonds is 6. The van der Waals surface area contributed by atoms with Crippen LogP contribution in [0.25, 0.3) is 0 Å². The van der Waals surface area contributed by atoms with Crippen molar-refractivity contribution in [3.05, 3.63) is 40.7 Å². The third kappa shape index (κ3) is 3.22. The van der Waals surface area contributed by atoms with Gasteiger partial charge in [-0.25, -0.2) is 9.59 Å². The van der Waals surface area contributed by atoms with Crippen LogP contribution in [0.1, 0.15) is 39.0 Å². The number of nitrogens with zero attached hydrogens (tertiary/aromatic N) is 2. The Morgan fingerprint density at radius 3 is 2.73 bits per heavy atom. The van der Waals surface area contributed by atoms with Crippen LogP contribution >= 0.6 is 0 Å². The molecule has 0 unspecified atom stereocenters. The summed E-state index contributed by atoms with van der Waals surface area (Å²) in [6.07, 6.45) is 0.217. The second-order valence-electron chi connectivity index (χ2n) is 4.36. The fourth-order valence-corrected chi connectivity index (χ4v) is 1.97. The Balaban J connectivity index is 2.32. The van der Waals surface area contributed by atoms with Gasteiger partial charge in [0.05, 0.1) is 13.7 Å². The summed E-state index contributed by atoms with van der Waals surface area (Å²) in [5, 5.41) is 18.7. The molecule has 2 rings (SSSR count). The maximum Gasteiger partial charge on any atom is 0.358 e. The van der Waals surface area contributed by atoms with E-state index in [4.69, 9.17) is 14.6 Å². The number of hydrogen-bond donors (Lipinski definition) is 2. The third-order valence-electron chi connectivity index (χ3n) is 2.95. The number of carbonyl (C=O) groups excluding carboxylic acids is 1. The van der Waals surface area contributed by atoms with Crippen molar-refractivity contribution in [2.45, 2.75) is 13.3 Å². The fourth-order valence-electron chi connectivity index (χ4n) is 1.97. The van der Waals surface area contributed by atoms with Crippen LogP contribution in [-0.2, 0) is 11.2 Å². The van der Waals surface area contributed by atoms with Gasteiger partial charge in [0.1, 0.15) is 17.0 Å². The molecule has 0 fully saturated rings. The Labute approximate surface area is 126 Å². The molecular weight excluding hydrogens is 290 g/mol. The molecule has 0 aliphatic rings. The van der Waals surface area contributed by atoms with Gasteiger partial charge >= 0.3 is 11.9 Å². The summed E-state index contributed by atoms with van der Waals surface area (Å²) in [7, 11) is 1.46. The number of carboxylic acid groups (broad SMARTS) is 1. The lowest BCUT2D eigenvalue weighted by molar-refractivity contribution is 0.0522. The molecule has 8 nitrogen and oxygen atoms in total. The number of benzene rings is 1. The number of methoxy groups -OCH3 is 1. The number of hydrogen-bond acceptors (Lipinski definition) is 6. The van der Waals surface area contributed by atoms with E-state index in [2.05, 4.69) is 15.4 Å². The van der Waals surface area contributed by atoms with Crippen molar-refractivity contribution >= 4 is 11.9 Å². The second kappa shape index (κ2) is 6.70. The van der Waals surface area contributed by atoms with Crippen molar-refractivity contribution in [3.63, 3.8) is 0 Å². The van der Waals surface area contributed by atoms with E-state index in [0.717, 1.165) is 0 Å². The third-order valence-corrected chi connectivity index (χ3v) is 2.95. The first-order chi connectivity index (χ1) is 10.6. The molecule has 1 aromatic heterocycles. The molecule has 116 valence electrons. The van der Waals surface area contributed by atoms with Gasteiger partial charge in [0.2, 0.25) is 0 Å². The molecule has 2 N–H and O–H groups in total. The minimum Gasteiger partial charge on any atom is -0.496 e. The molecule has 0 aliphatic carbocycles. The topological polar surface area (TPSA) is 114 Å². The molecule has 0 amide bonds. The average Bonchev–Trinajstić information content (AvgIpc) is 2.95. The van der Waals surface area contributed by atoms with Gasteiger partial charge < -0.3 is 14.6 Å². The zero-order valence-corrected chi connectivity index (χ0v) is 12.1. The highest BCUT2D eigenvalue weighted by molar-refractivity contribution is 5.92. The van der Waals surface area contributed by atoms with Crippen molar-refractivity contribution < 1.29 is 24.2 Å². The average molecular weight is 305 g/mol. The van der Waals surface area contributed by atoms with E-state index in [1.54, 1.807) is 25.1 Å². The molecule has 0 bridgehead atoms. The smallest absolute Gasteiger partial charge is 0.358 e. The number of H-pyrrole nitrogens is 1. The lowest BCUT2D eigenvalue weighted by atomic mass is 10.0. The molecule has 0 saturated carbocycles. The molecule has 0 aliphatic heterocycles. The summed E-state index contributed by atoms with van der Waals surface area (Å²) in [6.45, 7) is 1.96. The predicted octanol–water partition coefficient (Wildman–Crippen LogP) is 1.28. The van der Waals surface area contributed by atoms with Gasteiger partial charge in [-0.05, 0) is 24.6 Å². The highest BCUT2D eigenvalue weighted by atomic mass is 16.5. The Kier molecular flexibility index (Phi) is 4.72. The Morgan fingerprint density at radius 1 is 1.32 bits per heavy atom. The first-order valence-electron chi connectivity index (χ1n) is 6.53. The first kappa shape index (κ1) is 15.5. The van der Waals surface area contributed by atoms with Crippen LogP contribution in [0.4, 0.5) is 0 Å². The zero-order chi connectivity index (χ0) is 16.1. The number of aromatic amines is 1. The van der Waals surface area contributed by atoms with Gasteiger partial charge in [0, 0.05) is 6.42 Å². The lowest BCUT2D eigenvalue weighted by Gasteiger charge is -2.09. The summed E-state index contributed by atoms with van der Waals surface area (Å²) in [5.41, 5.74) is 1.11. The number of nitrogens with one attached hydrogen (secondary N) is 1. The van der Waals surface area contributed by atoms with Crippen molar-refractivity contribution in [1.82, 2.24) is 15.4 Å². The van der Waals surface area contributed by atoms with Crippen molar-refractivity contribution in [2.24, 2.45) is 0 Å². The van der Waals surface area contributed by atoms with Gasteiger partial charge in [0.25, 0.3) is 0 Å². The van der Waals surface area contributed by atoms with E-state index in [-0.39, 0.29) is 30.0 Å². The molecule has 0 atom stereocenters. The van der Waals surface area contributed by atoms with E-state index in [1.165, 1.54) is 7.11 Å². The molecule has 2 aromatic rings. The summed E-state index contributed by atoms with van der Waals surface area (Å²) >= 11 is 0. The number of carboxylic acids is 1. The van der Waals surface area contributed by atoms with Gasteiger partial charge in [-0.3, -0.25) is 0 Å². The zero-order valence-electron chi connectivity index (χ0n) is 12.1. The van der Waals surface area contributed by atoms with Crippen molar-refractivity contribution in [1.29, 1.82) is 0 Å². The minimum absolute atomic E-state index is 0.145. The molecule has 0 radical (unpaired) electrons. The molecule has 0 saturated heterocycles. The van der Waals surface area contributed by atoms with Crippen LogP contribution < -0.4 is 4.74 Å². The van der Waals surface area contributed by atoms with E-state index in [1.807, 2.05) is 0 Å². The van der Waals surface area contributed by atoms with Crippen molar-refractivity contribution in [2.75, 3.05) is 13.7 Å². The Morgan fingerprint density at radius 2 is 2.09 bits per heavy atom. The van der Waals surface area contributed by atoms with Gasteiger partial charge in [-0.2, -0.15) is 10.3 Å². The maximum atomic E-state index is 11.9. The molecule has 1 aromatic carbocycles. The van der Waals surface area contributed by atoms with Gasteiger partial charge in [-0.15, -0.1) is 5.10 Å². The number of ether oxygens (including phenoxy) is 2. The van der Waals surface area contributed by atoms with E-state index >= 15 is 0 Å². The summed E-state index contributed by atoms with van der Waals surface area (Å²) < 4.78 is 10.1. The predicted molar refractivity (Wildman–Crippen MR) is 75.1 cm³/mol. The summed E-state index contributed by atoms with van der Waals surface area (Å²) in [4.78, 5) is 22.9. The molecule has 1 heterocycles. The van der Waals surface area contributed by atoms with Gasteiger partial charge in [-0.1, -0.05) is 6.07 Å². The Hall–Kier alpha value is -2.90. The van der Waals surface area contributed by atoms with Crippen LogP contribution in [0.2, 0.25) is 0 Å². The van der Waals surface area contributed by atoms with E-state index in [9.17, 15) is 9.59 Å². The van der Waals surface area contributed by atoms with Crippen LogP contribution in [0.5, 0.6) is 5.75 Å². The second-order valence-corrected chi connectivity index (χ2v) is 4.36. The number of aromatic nitrogens is 3. The number of aromatic carboxylic acids is 1. The van der Waals surface area contributed by atoms with E-state index in [0.29, 0.717) is 11.3 Å². The Bertz CT molecular complexity index is 696. The fraction of sp³-hybridized carbons (Fsp3) is 0.286. The number of carbonyl (C=O) groups is 2. The summed E-state index contributed by atoms with van der Waals surface area (Å²) in [5.74, 6) is -1.27. The number of esters is 1. The van der Waals surface area contributed by atoms with Crippen LogP contribution in [-0.4, -0.2) is 46.2 Å². The van der Waals surface area contributed by atoms with Crippen LogP contribution in [0.3, 0.4) is 0 Å². The quantitative estimate of drug-likeness (QED) is 0.772. The molecular formula is C14H15N3O5. The molecule has 8 heteroatoms.